The van der Waals surface area contributed by atoms with Crippen LogP contribution in [0.15, 0.2) is 71.4 Å². The molecule has 166 valence electrons. The van der Waals surface area contributed by atoms with Crippen LogP contribution in [0.4, 0.5) is 0 Å². The second-order valence-electron chi connectivity index (χ2n) is 7.13. The van der Waals surface area contributed by atoms with E-state index in [-0.39, 0.29) is 17.3 Å². The van der Waals surface area contributed by atoms with E-state index in [9.17, 15) is 9.59 Å². The van der Waals surface area contributed by atoms with Crippen LogP contribution < -0.4 is 9.47 Å². The summed E-state index contributed by atoms with van der Waals surface area (Å²) in [6, 6.07) is 16.8. The van der Waals surface area contributed by atoms with Crippen molar-refractivity contribution >= 4 is 47.1 Å². The van der Waals surface area contributed by atoms with E-state index in [1.807, 2.05) is 19.1 Å². The van der Waals surface area contributed by atoms with E-state index < -0.39 is 11.9 Å². The van der Waals surface area contributed by atoms with Crippen molar-refractivity contribution in [3.8, 4) is 11.5 Å². The smallest absolute Gasteiger partial charge is 0.363 e. The number of carbonyl (C=O) groups is 2. The monoisotopic (exact) mass is 481 g/mol. The van der Waals surface area contributed by atoms with Crippen molar-refractivity contribution in [2.45, 2.75) is 6.92 Å². The molecule has 8 heteroatoms. The van der Waals surface area contributed by atoms with E-state index in [1.54, 1.807) is 54.6 Å². The predicted molar refractivity (Wildman–Crippen MR) is 126 cm³/mol. The maximum absolute atomic E-state index is 12.4. The predicted octanol–water partition coefficient (Wildman–Crippen LogP) is 5.87. The van der Waals surface area contributed by atoms with E-state index in [1.165, 1.54) is 7.11 Å². The second-order valence-corrected chi connectivity index (χ2v) is 7.95. The molecular weight excluding hydrogens is 465 g/mol. The van der Waals surface area contributed by atoms with E-state index in [2.05, 4.69) is 4.99 Å². The van der Waals surface area contributed by atoms with Crippen LogP contribution in [0.3, 0.4) is 0 Å². The molecule has 0 bridgehead atoms. The Morgan fingerprint density at radius 2 is 1.73 bits per heavy atom. The van der Waals surface area contributed by atoms with Crippen molar-refractivity contribution in [3.05, 3.63) is 98.7 Å². The number of methoxy groups -OCH3 is 1. The summed E-state index contributed by atoms with van der Waals surface area (Å²) in [6.07, 6.45) is 1.54. The summed E-state index contributed by atoms with van der Waals surface area (Å²) in [7, 11) is 1.46. The molecule has 0 radical (unpaired) electrons. The fourth-order valence-electron chi connectivity index (χ4n) is 3.03. The van der Waals surface area contributed by atoms with Crippen molar-refractivity contribution in [1.82, 2.24) is 0 Å². The number of halogens is 2. The molecule has 3 aromatic carbocycles. The van der Waals surface area contributed by atoms with Crippen molar-refractivity contribution in [2.24, 2.45) is 4.99 Å². The lowest BCUT2D eigenvalue weighted by Gasteiger charge is -2.10. The molecule has 6 nitrogen and oxygen atoms in total. The Hall–Kier alpha value is -3.61. The van der Waals surface area contributed by atoms with Crippen molar-refractivity contribution < 1.29 is 23.8 Å². The first kappa shape index (κ1) is 22.6. The van der Waals surface area contributed by atoms with Gasteiger partial charge in [-0.05, 0) is 61.0 Å². The van der Waals surface area contributed by atoms with Crippen molar-refractivity contribution in [1.29, 1.82) is 0 Å². The van der Waals surface area contributed by atoms with Gasteiger partial charge in [0.25, 0.3) is 0 Å². The van der Waals surface area contributed by atoms with Crippen LogP contribution in [-0.2, 0) is 9.53 Å². The zero-order valence-electron chi connectivity index (χ0n) is 17.6. The molecule has 0 saturated carbocycles. The molecule has 0 atom stereocenters. The van der Waals surface area contributed by atoms with Gasteiger partial charge < -0.3 is 14.2 Å². The Kier molecular flexibility index (Phi) is 6.49. The average molecular weight is 482 g/mol. The van der Waals surface area contributed by atoms with Crippen LogP contribution in [0.5, 0.6) is 11.5 Å². The average Bonchev–Trinajstić information content (AvgIpc) is 3.17. The standard InChI is InChI=1S/C25H17Cl2NO5/c1-14-3-6-16(7-4-14)24(29)32-21-10-5-15(12-22(21)31-2)11-20-25(30)33-23(28-20)17-8-9-18(26)19(27)13-17/h3-13H,1-2H3/b20-11-. The number of hydrogen-bond donors (Lipinski definition) is 0. The number of aliphatic imine (C=N–C) groups is 1. The van der Waals surface area contributed by atoms with Crippen LogP contribution in [0, 0.1) is 6.92 Å². The molecule has 1 aliphatic heterocycles. The number of ether oxygens (including phenoxy) is 3. The van der Waals surface area contributed by atoms with Gasteiger partial charge in [-0.3, -0.25) is 0 Å². The zero-order valence-corrected chi connectivity index (χ0v) is 19.1. The summed E-state index contributed by atoms with van der Waals surface area (Å²) in [4.78, 5) is 29.0. The van der Waals surface area contributed by atoms with Crippen LogP contribution in [-0.4, -0.2) is 24.9 Å². The fraction of sp³-hybridized carbons (Fsp3) is 0.0800. The van der Waals surface area contributed by atoms with Gasteiger partial charge in [0, 0.05) is 5.56 Å². The van der Waals surface area contributed by atoms with Crippen LogP contribution >= 0.6 is 23.2 Å². The minimum Gasteiger partial charge on any atom is -0.493 e. The topological polar surface area (TPSA) is 74.2 Å². The molecule has 0 aliphatic carbocycles. The van der Waals surface area contributed by atoms with Gasteiger partial charge in [0.1, 0.15) is 0 Å². The Bertz CT molecular complexity index is 1310. The first-order valence-electron chi connectivity index (χ1n) is 9.79. The lowest BCUT2D eigenvalue weighted by atomic mass is 10.1. The number of rotatable bonds is 5. The Balaban J connectivity index is 1.57. The quantitative estimate of drug-likeness (QED) is 0.258. The highest BCUT2D eigenvalue weighted by Crippen LogP contribution is 2.31. The number of aryl methyl sites for hydroxylation is 1. The summed E-state index contributed by atoms with van der Waals surface area (Å²) in [6.45, 7) is 1.93. The number of carbonyl (C=O) groups excluding carboxylic acids is 2. The van der Waals surface area contributed by atoms with Gasteiger partial charge in [0.2, 0.25) is 5.90 Å². The third-order valence-electron chi connectivity index (χ3n) is 4.77. The summed E-state index contributed by atoms with van der Waals surface area (Å²) in [5.74, 6) is -0.413. The SMILES string of the molecule is COc1cc(/C=C2\N=C(c3ccc(Cl)c(Cl)c3)OC2=O)ccc1OC(=O)c1ccc(C)cc1. The zero-order chi connectivity index (χ0) is 23.5. The molecule has 0 N–H and O–H groups in total. The first-order valence-corrected chi connectivity index (χ1v) is 10.5. The molecule has 1 heterocycles. The van der Waals surface area contributed by atoms with Gasteiger partial charge in [-0.1, -0.05) is 47.0 Å². The normalized spacial score (nSPS) is 14.1. The number of hydrogen-bond acceptors (Lipinski definition) is 6. The molecule has 1 aliphatic rings. The minimum absolute atomic E-state index is 0.0996. The minimum atomic E-state index is -0.607. The maximum atomic E-state index is 12.4. The van der Waals surface area contributed by atoms with Crippen LogP contribution in [0.1, 0.15) is 27.0 Å². The third kappa shape index (κ3) is 5.08. The second kappa shape index (κ2) is 9.48. The number of nitrogens with zero attached hydrogens (tertiary/aromatic N) is 1. The first-order chi connectivity index (χ1) is 15.8. The number of esters is 2. The third-order valence-corrected chi connectivity index (χ3v) is 5.51. The van der Waals surface area contributed by atoms with Gasteiger partial charge in [0.15, 0.2) is 17.2 Å². The van der Waals surface area contributed by atoms with E-state index in [0.29, 0.717) is 32.5 Å². The van der Waals surface area contributed by atoms with Gasteiger partial charge in [-0.25, -0.2) is 14.6 Å². The highest BCUT2D eigenvalue weighted by Gasteiger charge is 2.25. The van der Waals surface area contributed by atoms with Crippen LogP contribution in [0.2, 0.25) is 10.0 Å². The highest BCUT2D eigenvalue weighted by atomic mass is 35.5. The summed E-state index contributed by atoms with van der Waals surface area (Å²) < 4.78 is 16.1. The Morgan fingerprint density at radius 1 is 0.970 bits per heavy atom. The van der Waals surface area contributed by atoms with Gasteiger partial charge in [-0.2, -0.15) is 0 Å². The molecule has 0 amide bonds. The van der Waals surface area contributed by atoms with Gasteiger partial charge >= 0.3 is 11.9 Å². The Morgan fingerprint density at radius 3 is 2.42 bits per heavy atom. The highest BCUT2D eigenvalue weighted by molar-refractivity contribution is 6.42. The fourth-order valence-corrected chi connectivity index (χ4v) is 3.32. The van der Waals surface area contributed by atoms with Gasteiger partial charge in [0.05, 0.1) is 22.7 Å². The van der Waals surface area contributed by atoms with Gasteiger partial charge in [-0.15, -0.1) is 0 Å². The maximum Gasteiger partial charge on any atom is 0.363 e. The molecule has 3 aromatic rings. The largest absolute Gasteiger partial charge is 0.493 e. The summed E-state index contributed by atoms with van der Waals surface area (Å²) >= 11 is 12.0. The molecule has 0 fully saturated rings. The van der Waals surface area contributed by atoms with E-state index >= 15 is 0 Å². The molecule has 4 rings (SSSR count). The molecule has 33 heavy (non-hydrogen) atoms. The number of cyclic esters (lactones) is 1. The summed E-state index contributed by atoms with van der Waals surface area (Å²) in [5.41, 5.74) is 2.69. The summed E-state index contributed by atoms with van der Waals surface area (Å²) in [5, 5.41) is 0.710. The molecule has 0 spiro atoms. The molecule has 0 aromatic heterocycles. The van der Waals surface area contributed by atoms with E-state index in [0.717, 1.165) is 5.56 Å². The van der Waals surface area contributed by atoms with Crippen LogP contribution in [0.25, 0.3) is 6.08 Å². The molecule has 0 saturated heterocycles. The number of benzene rings is 3. The van der Waals surface area contributed by atoms with Crippen molar-refractivity contribution in [3.63, 3.8) is 0 Å². The van der Waals surface area contributed by atoms with E-state index in [4.69, 9.17) is 37.4 Å². The Labute approximate surface area is 200 Å². The lowest BCUT2D eigenvalue weighted by molar-refractivity contribution is -0.129. The van der Waals surface area contributed by atoms with Crippen molar-refractivity contribution in [2.75, 3.05) is 7.11 Å². The molecular formula is C25H17Cl2NO5. The lowest BCUT2D eigenvalue weighted by Crippen LogP contribution is -2.09. The molecule has 0 unspecified atom stereocenters.